The van der Waals surface area contributed by atoms with Crippen LogP contribution in [0.15, 0.2) is 36.4 Å². The molecule has 0 unspecified atom stereocenters. The second-order valence-electron chi connectivity index (χ2n) is 1.48. The van der Waals surface area contributed by atoms with Crippen LogP contribution in [0.2, 0.25) is 0 Å². The topological polar surface area (TPSA) is 49.7 Å². The molecule has 0 aromatic heterocycles. The SMILES string of the molecule is OP(O)OCl.c1ccccc1. The van der Waals surface area contributed by atoms with Gasteiger partial charge >= 0.3 is 8.60 Å². The highest BCUT2D eigenvalue weighted by molar-refractivity contribution is 7.40. The molecule has 0 saturated carbocycles. The van der Waals surface area contributed by atoms with Crippen molar-refractivity contribution in [2.75, 3.05) is 0 Å². The highest BCUT2D eigenvalue weighted by atomic mass is 35.5. The number of halogens is 1. The summed E-state index contributed by atoms with van der Waals surface area (Å²) in [6, 6.07) is 12.0. The molecule has 0 radical (unpaired) electrons. The Morgan fingerprint density at radius 3 is 1.18 bits per heavy atom. The van der Waals surface area contributed by atoms with E-state index in [1.54, 1.807) is 0 Å². The predicted molar refractivity (Wildman–Crippen MR) is 44.7 cm³/mol. The van der Waals surface area contributed by atoms with Crippen molar-refractivity contribution in [3.63, 3.8) is 0 Å². The molecule has 0 fully saturated rings. The van der Waals surface area contributed by atoms with E-state index < -0.39 is 8.60 Å². The van der Waals surface area contributed by atoms with Crippen LogP contribution in [0, 0.1) is 0 Å². The van der Waals surface area contributed by atoms with Crippen LogP contribution in [0.4, 0.5) is 0 Å². The second-order valence-corrected chi connectivity index (χ2v) is 2.53. The van der Waals surface area contributed by atoms with Crippen molar-refractivity contribution in [1.82, 2.24) is 0 Å². The molecule has 0 aliphatic rings. The first-order valence-corrected chi connectivity index (χ1v) is 4.21. The minimum absolute atomic E-state index is 2.00. The zero-order chi connectivity index (χ0) is 8.53. The Bertz CT molecular complexity index is 132. The van der Waals surface area contributed by atoms with Gasteiger partial charge in [0.15, 0.2) is 0 Å². The van der Waals surface area contributed by atoms with E-state index in [-0.39, 0.29) is 0 Å². The smallest absolute Gasteiger partial charge is 0.327 e. The van der Waals surface area contributed by atoms with E-state index in [0.29, 0.717) is 0 Å². The summed E-state index contributed by atoms with van der Waals surface area (Å²) in [4.78, 5) is 15.3. The normalized spacial score (nSPS) is 8.73. The Labute approximate surface area is 71.4 Å². The summed E-state index contributed by atoms with van der Waals surface area (Å²) in [5.74, 6) is 0. The third-order valence-electron chi connectivity index (χ3n) is 0.728. The lowest BCUT2D eigenvalue weighted by Gasteiger charge is -1.85. The third kappa shape index (κ3) is 9.82. The molecule has 0 aliphatic carbocycles. The molecule has 0 bridgehead atoms. The molecule has 0 atom stereocenters. The van der Waals surface area contributed by atoms with Crippen molar-refractivity contribution < 1.29 is 13.9 Å². The summed E-state index contributed by atoms with van der Waals surface area (Å²) in [6.45, 7) is 0. The summed E-state index contributed by atoms with van der Waals surface area (Å²) >= 11 is 4.37. The highest BCUT2D eigenvalue weighted by Crippen LogP contribution is 2.25. The second kappa shape index (κ2) is 7.92. The summed E-state index contributed by atoms with van der Waals surface area (Å²) in [7, 11) is -2.33. The lowest BCUT2D eigenvalue weighted by Crippen LogP contribution is -1.59. The van der Waals surface area contributed by atoms with Crippen molar-refractivity contribution in [3.8, 4) is 0 Å². The fourth-order valence-corrected chi connectivity index (χ4v) is 0.385. The monoisotopic (exact) mass is 194 g/mol. The lowest BCUT2D eigenvalue weighted by atomic mass is 10.4. The van der Waals surface area contributed by atoms with E-state index in [4.69, 9.17) is 9.79 Å². The van der Waals surface area contributed by atoms with E-state index in [2.05, 4.69) is 15.9 Å². The quantitative estimate of drug-likeness (QED) is 0.673. The van der Waals surface area contributed by atoms with Crippen molar-refractivity contribution in [2.45, 2.75) is 0 Å². The molecular formula is C6H8ClO3P. The molecule has 3 nitrogen and oxygen atoms in total. The third-order valence-corrected chi connectivity index (χ3v) is 1.22. The Morgan fingerprint density at radius 1 is 0.909 bits per heavy atom. The number of rotatable bonds is 1. The fourth-order valence-electron chi connectivity index (χ4n) is 0.385. The van der Waals surface area contributed by atoms with Crippen LogP contribution in [-0.4, -0.2) is 9.79 Å². The van der Waals surface area contributed by atoms with Crippen LogP contribution in [0.3, 0.4) is 0 Å². The van der Waals surface area contributed by atoms with Gasteiger partial charge in [-0.15, -0.1) is 0 Å². The molecule has 0 spiro atoms. The Morgan fingerprint density at radius 2 is 1.09 bits per heavy atom. The summed E-state index contributed by atoms with van der Waals surface area (Å²) < 4.78 is 3.40. The number of hydrogen-bond donors (Lipinski definition) is 2. The zero-order valence-electron chi connectivity index (χ0n) is 5.59. The Kier molecular flexibility index (Phi) is 7.79. The molecule has 0 aliphatic heterocycles. The van der Waals surface area contributed by atoms with Crippen molar-refractivity contribution >= 4 is 20.5 Å². The Hall–Kier alpha value is -0.180. The summed E-state index contributed by atoms with van der Waals surface area (Å²) in [5.41, 5.74) is 0. The van der Waals surface area contributed by atoms with Gasteiger partial charge in [0.2, 0.25) is 0 Å². The number of hydrogen-bond acceptors (Lipinski definition) is 3. The first-order chi connectivity index (χ1) is 5.27. The van der Waals surface area contributed by atoms with Crippen LogP contribution in [0.1, 0.15) is 0 Å². The molecule has 2 N–H and O–H groups in total. The average molecular weight is 195 g/mol. The highest BCUT2D eigenvalue weighted by Gasteiger charge is 1.89. The molecule has 1 aromatic rings. The molecule has 5 heteroatoms. The molecule has 1 rings (SSSR count). The lowest BCUT2D eigenvalue weighted by molar-refractivity contribution is 0.389. The van der Waals surface area contributed by atoms with Gasteiger partial charge in [-0.1, -0.05) is 36.4 Å². The maximum absolute atomic E-state index is 7.63. The molecule has 0 saturated heterocycles. The predicted octanol–water partition coefficient (Wildman–Crippen LogP) is 2.05. The van der Waals surface area contributed by atoms with Gasteiger partial charge in [-0.2, -0.15) is 4.08 Å². The molecule has 0 amide bonds. The van der Waals surface area contributed by atoms with Crippen LogP contribution in [0.25, 0.3) is 0 Å². The van der Waals surface area contributed by atoms with Crippen LogP contribution < -0.4 is 0 Å². The van der Waals surface area contributed by atoms with E-state index in [1.807, 2.05) is 36.4 Å². The summed E-state index contributed by atoms with van der Waals surface area (Å²) in [6.07, 6.45) is 0. The Balaban J connectivity index is 0.000000187. The van der Waals surface area contributed by atoms with Crippen LogP contribution in [0.5, 0.6) is 0 Å². The van der Waals surface area contributed by atoms with E-state index in [9.17, 15) is 0 Å². The van der Waals surface area contributed by atoms with Gasteiger partial charge < -0.3 is 9.79 Å². The van der Waals surface area contributed by atoms with Gasteiger partial charge in [0, 0.05) is 0 Å². The number of benzene rings is 1. The van der Waals surface area contributed by atoms with Gasteiger partial charge in [-0.05, 0) is 0 Å². The summed E-state index contributed by atoms with van der Waals surface area (Å²) in [5, 5.41) is 0. The molecule has 0 heterocycles. The first kappa shape index (κ1) is 10.8. The minimum atomic E-state index is -2.33. The average Bonchev–Trinajstić information content (AvgIpc) is 2.09. The molecular weight excluding hydrogens is 186 g/mol. The van der Waals surface area contributed by atoms with Gasteiger partial charge in [-0.25, -0.2) is 0 Å². The standard InChI is InChI=1S/C6H6.ClH2O3P/c1-2-4-6-5-3-1;1-4-5(2)3/h1-6H;2-3H. The minimum Gasteiger partial charge on any atom is -0.327 e. The van der Waals surface area contributed by atoms with Crippen molar-refractivity contribution in [2.24, 2.45) is 0 Å². The zero-order valence-corrected chi connectivity index (χ0v) is 7.24. The maximum Gasteiger partial charge on any atom is 0.344 e. The van der Waals surface area contributed by atoms with Gasteiger partial charge in [0.25, 0.3) is 0 Å². The first-order valence-electron chi connectivity index (χ1n) is 2.74. The van der Waals surface area contributed by atoms with Gasteiger partial charge in [-0.3, -0.25) is 0 Å². The van der Waals surface area contributed by atoms with E-state index >= 15 is 0 Å². The van der Waals surface area contributed by atoms with E-state index in [1.165, 1.54) is 0 Å². The van der Waals surface area contributed by atoms with Crippen LogP contribution >= 0.6 is 20.5 Å². The molecule has 62 valence electrons. The van der Waals surface area contributed by atoms with Crippen molar-refractivity contribution in [3.05, 3.63) is 36.4 Å². The molecule has 1 aromatic carbocycles. The van der Waals surface area contributed by atoms with E-state index in [0.717, 1.165) is 0 Å². The van der Waals surface area contributed by atoms with Crippen LogP contribution in [-0.2, 0) is 4.08 Å². The van der Waals surface area contributed by atoms with Crippen molar-refractivity contribution in [1.29, 1.82) is 0 Å². The largest absolute Gasteiger partial charge is 0.344 e. The van der Waals surface area contributed by atoms with Gasteiger partial charge in [0.05, 0.1) is 11.9 Å². The maximum atomic E-state index is 7.63. The fraction of sp³-hybridized carbons (Fsp3) is 0. The molecule has 11 heavy (non-hydrogen) atoms. The van der Waals surface area contributed by atoms with Gasteiger partial charge in [0.1, 0.15) is 0 Å².